The summed E-state index contributed by atoms with van der Waals surface area (Å²) in [6.45, 7) is 2.25. The first-order chi connectivity index (χ1) is 11.0. The first kappa shape index (κ1) is 16.1. The van der Waals surface area contributed by atoms with Crippen molar-refractivity contribution < 1.29 is 13.9 Å². The molecule has 1 fully saturated rings. The van der Waals surface area contributed by atoms with Gasteiger partial charge in [0.1, 0.15) is 0 Å². The number of rotatable bonds is 5. The minimum Gasteiger partial charge on any atom is -0.387 e. The normalized spacial score (nSPS) is 20.1. The molecule has 1 aromatic heterocycles. The van der Waals surface area contributed by atoms with Crippen LogP contribution in [0.3, 0.4) is 0 Å². The average Bonchev–Trinajstić information content (AvgIpc) is 3.11. The third-order valence-corrected chi connectivity index (χ3v) is 4.41. The second-order valence-electron chi connectivity index (χ2n) is 6.33. The predicted octanol–water partition coefficient (Wildman–Crippen LogP) is 2.30. The predicted molar refractivity (Wildman–Crippen MR) is 82.8 cm³/mol. The van der Waals surface area contributed by atoms with Gasteiger partial charge in [0.25, 0.3) is 0 Å². The SMILES string of the molecule is Cn1cc(CC2CCN(CC(O)c3ccc(F)c(F)c3)C2)cn1. The van der Waals surface area contributed by atoms with Gasteiger partial charge < -0.3 is 10.0 Å². The van der Waals surface area contributed by atoms with Crippen LogP contribution in [0.5, 0.6) is 0 Å². The Bertz CT molecular complexity index is 674. The van der Waals surface area contributed by atoms with Gasteiger partial charge in [-0.05, 0) is 48.6 Å². The van der Waals surface area contributed by atoms with Crippen molar-refractivity contribution in [1.29, 1.82) is 0 Å². The fraction of sp³-hybridized carbons (Fsp3) is 0.471. The molecule has 0 radical (unpaired) electrons. The average molecular weight is 321 g/mol. The zero-order valence-corrected chi connectivity index (χ0v) is 13.1. The highest BCUT2D eigenvalue weighted by molar-refractivity contribution is 5.20. The third kappa shape index (κ3) is 3.95. The van der Waals surface area contributed by atoms with Crippen LogP contribution in [0.15, 0.2) is 30.6 Å². The van der Waals surface area contributed by atoms with E-state index in [1.807, 2.05) is 19.4 Å². The van der Waals surface area contributed by atoms with Crippen LogP contribution in [-0.2, 0) is 13.5 Å². The molecule has 1 aliphatic heterocycles. The van der Waals surface area contributed by atoms with E-state index in [9.17, 15) is 13.9 Å². The first-order valence-corrected chi connectivity index (χ1v) is 7.84. The molecule has 1 aromatic carbocycles. The number of hydrogen-bond donors (Lipinski definition) is 1. The molecule has 1 N–H and O–H groups in total. The van der Waals surface area contributed by atoms with Gasteiger partial charge in [-0.3, -0.25) is 4.68 Å². The van der Waals surface area contributed by atoms with Crippen molar-refractivity contribution in [1.82, 2.24) is 14.7 Å². The maximum Gasteiger partial charge on any atom is 0.159 e. The smallest absolute Gasteiger partial charge is 0.159 e. The summed E-state index contributed by atoms with van der Waals surface area (Å²) < 4.78 is 28.0. The van der Waals surface area contributed by atoms with Crippen LogP contribution < -0.4 is 0 Å². The van der Waals surface area contributed by atoms with E-state index in [2.05, 4.69) is 10.00 Å². The highest BCUT2D eigenvalue weighted by Gasteiger charge is 2.25. The molecule has 3 rings (SSSR count). The lowest BCUT2D eigenvalue weighted by Gasteiger charge is -2.20. The fourth-order valence-electron chi connectivity index (χ4n) is 3.23. The lowest BCUT2D eigenvalue weighted by atomic mass is 10.0. The lowest BCUT2D eigenvalue weighted by Crippen LogP contribution is -2.27. The Morgan fingerprint density at radius 2 is 2.17 bits per heavy atom. The molecular formula is C17H21F2N3O. The van der Waals surface area contributed by atoms with Crippen LogP contribution in [0.4, 0.5) is 8.78 Å². The number of aliphatic hydroxyl groups is 1. The van der Waals surface area contributed by atoms with Gasteiger partial charge in [0.15, 0.2) is 11.6 Å². The zero-order valence-electron chi connectivity index (χ0n) is 13.1. The van der Waals surface area contributed by atoms with Gasteiger partial charge in [0.2, 0.25) is 0 Å². The standard InChI is InChI=1S/C17H21F2N3O/c1-21-9-13(8-20-21)6-12-4-5-22(10-12)11-17(23)14-2-3-15(18)16(19)7-14/h2-3,7-9,12,17,23H,4-6,10-11H2,1H3. The molecule has 0 spiro atoms. The van der Waals surface area contributed by atoms with E-state index in [-0.39, 0.29) is 0 Å². The van der Waals surface area contributed by atoms with Crippen LogP contribution in [0.1, 0.15) is 23.7 Å². The van der Waals surface area contributed by atoms with Crippen molar-refractivity contribution in [3.05, 3.63) is 53.4 Å². The molecule has 2 aromatic rings. The van der Waals surface area contributed by atoms with Crippen LogP contribution >= 0.6 is 0 Å². The molecule has 6 heteroatoms. The van der Waals surface area contributed by atoms with E-state index in [4.69, 9.17) is 0 Å². The molecule has 0 bridgehead atoms. The fourth-order valence-corrected chi connectivity index (χ4v) is 3.23. The number of benzene rings is 1. The molecule has 0 aliphatic carbocycles. The minimum atomic E-state index is -0.919. The number of nitrogens with zero attached hydrogens (tertiary/aromatic N) is 3. The van der Waals surface area contributed by atoms with Crippen LogP contribution in [0.25, 0.3) is 0 Å². The molecule has 1 saturated heterocycles. The Balaban J connectivity index is 1.53. The number of aromatic nitrogens is 2. The van der Waals surface area contributed by atoms with Crippen molar-refractivity contribution in [2.45, 2.75) is 18.9 Å². The first-order valence-electron chi connectivity index (χ1n) is 7.84. The lowest BCUT2D eigenvalue weighted by molar-refractivity contribution is 0.124. The molecule has 4 nitrogen and oxygen atoms in total. The Kier molecular flexibility index (Phi) is 4.73. The number of hydrogen-bond acceptors (Lipinski definition) is 3. The van der Waals surface area contributed by atoms with Gasteiger partial charge in [-0.1, -0.05) is 6.07 Å². The van der Waals surface area contributed by atoms with E-state index in [1.54, 1.807) is 4.68 Å². The van der Waals surface area contributed by atoms with Gasteiger partial charge in [-0.2, -0.15) is 5.10 Å². The molecule has 0 saturated carbocycles. The largest absolute Gasteiger partial charge is 0.387 e. The van der Waals surface area contributed by atoms with Crippen molar-refractivity contribution in [2.75, 3.05) is 19.6 Å². The Labute approximate surface area is 134 Å². The monoisotopic (exact) mass is 321 g/mol. The van der Waals surface area contributed by atoms with E-state index >= 15 is 0 Å². The van der Waals surface area contributed by atoms with E-state index in [0.29, 0.717) is 18.0 Å². The molecule has 23 heavy (non-hydrogen) atoms. The summed E-state index contributed by atoms with van der Waals surface area (Å²) in [5.74, 6) is -1.27. The molecule has 0 amide bonds. The number of halogens is 2. The van der Waals surface area contributed by atoms with Gasteiger partial charge in [0.05, 0.1) is 12.3 Å². The number of β-amino-alcohol motifs (C(OH)–C–C–N with tert-alkyl or cyclic N) is 1. The van der Waals surface area contributed by atoms with Crippen LogP contribution in [0.2, 0.25) is 0 Å². The second-order valence-corrected chi connectivity index (χ2v) is 6.33. The van der Waals surface area contributed by atoms with Gasteiger partial charge in [-0.15, -0.1) is 0 Å². The third-order valence-electron chi connectivity index (χ3n) is 4.41. The van der Waals surface area contributed by atoms with Crippen molar-refractivity contribution in [3.63, 3.8) is 0 Å². The number of aliphatic hydroxyl groups excluding tert-OH is 1. The summed E-state index contributed by atoms with van der Waals surface area (Å²) in [5.41, 5.74) is 1.64. The van der Waals surface area contributed by atoms with E-state index < -0.39 is 17.7 Å². The second kappa shape index (κ2) is 6.76. The van der Waals surface area contributed by atoms with Crippen molar-refractivity contribution >= 4 is 0 Å². The summed E-state index contributed by atoms with van der Waals surface area (Å²) in [6, 6.07) is 3.57. The van der Waals surface area contributed by atoms with Crippen LogP contribution in [-0.4, -0.2) is 39.4 Å². The van der Waals surface area contributed by atoms with E-state index in [0.717, 1.165) is 38.1 Å². The molecule has 2 unspecified atom stereocenters. The summed E-state index contributed by atoms with van der Waals surface area (Å²) >= 11 is 0. The number of aryl methyl sites for hydroxylation is 1. The van der Waals surface area contributed by atoms with E-state index in [1.165, 1.54) is 11.6 Å². The quantitative estimate of drug-likeness (QED) is 0.919. The molecular weight excluding hydrogens is 300 g/mol. The van der Waals surface area contributed by atoms with Gasteiger partial charge >= 0.3 is 0 Å². The Hall–Kier alpha value is -1.79. The summed E-state index contributed by atoms with van der Waals surface area (Å²) in [5, 5.41) is 14.4. The van der Waals surface area contributed by atoms with Gasteiger partial charge in [0, 0.05) is 26.3 Å². The highest BCUT2D eigenvalue weighted by Crippen LogP contribution is 2.24. The van der Waals surface area contributed by atoms with Crippen molar-refractivity contribution in [3.8, 4) is 0 Å². The summed E-state index contributed by atoms with van der Waals surface area (Å²) in [6.07, 6.45) is 5.16. The Morgan fingerprint density at radius 1 is 1.35 bits per heavy atom. The molecule has 2 heterocycles. The molecule has 124 valence electrons. The number of likely N-dealkylation sites (tertiary alicyclic amines) is 1. The summed E-state index contributed by atoms with van der Waals surface area (Å²) in [4.78, 5) is 2.17. The minimum absolute atomic E-state index is 0.416. The summed E-state index contributed by atoms with van der Waals surface area (Å²) in [7, 11) is 1.91. The maximum atomic E-state index is 13.3. The molecule has 1 aliphatic rings. The van der Waals surface area contributed by atoms with Crippen molar-refractivity contribution in [2.24, 2.45) is 13.0 Å². The zero-order chi connectivity index (χ0) is 16.4. The Morgan fingerprint density at radius 3 is 2.87 bits per heavy atom. The molecule has 2 atom stereocenters. The van der Waals surface area contributed by atoms with Crippen LogP contribution in [0, 0.1) is 17.6 Å². The topological polar surface area (TPSA) is 41.3 Å². The highest BCUT2D eigenvalue weighted by atomic mass is 19.2. The van der Waals surface area contributed by atoms with Gasteiger partial charge in [-0.25, -0.2) is 8.78 Å². The maximum absolute atomic E-state index is 13.3.